The molecule has 0 saturated heterocycles. The smallest absolute Gasteiger partial charge is 0.292 e. The van der Waals surface area contributed by atoms with Crippen molar-refractivity contribution in [3.63, 3.8) is 0 Å². The number of halogens is 4. The van der Waals surface area contributed by atoms with Gasteiger partial charge in [0.15, 0.2) is 0 Å². The standard InChI is InChI=1S/C22H18Cl4N2O2/c23-13-7-8-18-16(9-13)19(20(29)22(30)27-15-3-1-2-4-15)21(26)28(18)11-12-5-6-14(24)10-17(12)25/h5-10,15H,1-4,11H2,(H,27,30). The number of hydrogen-bond acceptors (Lipinski definition) is 2. The van der Waals surface area contributed by atoms with Gasteiger partial charge < -0.3 is 9.88 Å². The Bertz CT molecular complexity index is 1150. The van der Waals surface area contributed by atoms with Gasteiger partial charge in [-0.3, -0.25) is 9.59 Å². The van der Waals surface area contributed by atoms with Crippen LogP contribution in [-0.4, -0.2) is 22.3 Å². The van der Waals surface area contributed by atoms with E-state index in [1.807, 2.05) is 0 Å². The van der Waals surface area contributed by atoms with Crippen molar-refractivity contribution < 1.29 is 9.59 Å². The molecule has 1 fully saturated rings. The number of carbonyl (C=O) groups is 2. The molecule has 0 spiro atoms. The van der Waals surface area contributed by atoms with Crippen LogP contribution in [0.5, 0.6) is 0 Å². The summed E-state index contributed by atoms with van der Waals surface area (Å²) < 4.78 is 1.75. The summed E-state index contributed by atoms with van der Waals surface area (Å²) in [5.74, 6) is -1.31. The lowest BCUT2D eigenvalue weighted by atomic mass is 10.1. The van der Waals surface area contributed by atoms with E-state index in [-0.39, 0.29) is 16.8 Å². The topological polar surface area (TPSA) is 51.1 Å². The Morgan fingerprint density at radius 2 is 1.63 bits per heavy atom. The third-order valence-corrected chi connectivity index (χ3v) is 6.64. The quantitative estimate of drug-likeness (QED) is 0.330. The molecule has 156 valence electrons. The summed E-state index contributed by atoms with van der Waals surface area (Å²) in [7, 11) is 0. The number of rotatable bonds is 5. The molecule has 0 bridgehead atoms. The molecular formula is C22H18Cl4N2O2. The van der Waals surface area contributed by atoms with Gasteiger partial charge in [-0.2, -0.15) is 0 Å². The predicted molar refractivity (Wildman–Crippen MR) is 122 cm³/mol. The van der Waals surface area contributed by atoms with Crippen molar-refractivity contribution in [3.8, 4) is 0 Å². The van der Waals surface area contributed by atoms with Gasteiger partial charge in [0.1, 0.15) is 5.15 Å². The van der Waals surface area contributed by atoms with Gasteiger partial charge >= 0.3 is 0 Å². The number of benzene rings is 2. The summed E-state index contributed by atoms with van der Waals surface area (Å²) in [6.07, 6.45) is 3.87. The zero-order valence-electron chi connectivity index (χ0n) is 15.9. The molecule has 0 atom stereocenters. The van der Waals surface area contributed by atoms with Gasteiger partial charge in [0.05, 0.1) is 17.6 Å². The van der Waals surface area contributed by atoms with Crippen molar-refractivity contribution >= 4 is 69.0 Å². The highest BCUT2D eigenvalue weighted by molar-refractivity contribution is 6.49. The average Bonchev–Trinajstić information content (AvgIpc) is 3.29. The number of nitrogens with one attached hydrogen (secondary N) is 1. The Labute approximate surface area is 194 Å². The lowest BCUT2D eigenvalue weighted by molar-refractivity contribution is -0.117. The molecule has 1 heterocycles. The second-order valence-corrected chi connectivity index (χ2v) is 9.07. The molecule has 4 nitrogen and oxygen atoms in total. The van der Waals surface area contributed by atoms with E-state index in [2.05, 4.69) is 5.32 Å². The van der Waals surface area contributed by atoms with Gasteiger partial charge in [-0.05, 0) is 48.7 Å². The minimum absolute atomic E-state index is 0.0324. The van der Waals surface area contributed by atoms with Crippen molar-refractivity contribution in [1.82, 2.24) is 9.88 Å². The van der Waals surface area contributed by atoms with Gasteiger partial charge in [0.2, 0.25) is 0 Å². The predicted octanol–water partition coefficient (Wildman–Crippen LogP) is 6.54. The average molecular weight is 484 g/mol. The number of ketones is 1. The number of aromatic nitrogens is 1. The minimum atomic E-state index is -0.667. The molecule has 1 aliphatic carbocycles. The van der Waals surface area contributed by atoms with Crippen LogP contribution in [0, 0.1) is 0 Å². The molecular weight excluding hydrogens is 466 g/mol. The molecule has 0 aliphatic heterocycles. The third kappa shape index (κ3) is 4.19. The Kier molecular flexibility index (Phi) is 6.31. The minimum Gasteiger partial charge on any atom is -0.346 e. The van der Waals surface area contributed by atoms with E-state index in [1.54, 1.807) is 41.0 Å². The molecule has 8 heteroatoms. The molecule has 3 aromatic rings. The molecule has 1 saturated carbocycles. The first-order valence-corrected chi connectivity index (χ1v) is 11.1. The van der Waals surface area contributed by atoms with Gasteiger partial charge in [-0.25, -0.2) is 0 Å². The number of carbonyl (C=O) groups excluding carboxylic acids is 2. The van der Waals surface area contributed by atoms with Crippen LogP contribution in [-0.2, 0) is 11.3 Å². The lowest BCUT2D eigenvalue weighted by Crippen LogP contribution is -2.37. The van der Waals surface area contributed by atoms with Crippen LogP contribution in [0.3, 0.4) is 0 Å². The third-order valence-electron chi connectivity index (χ3n) is 5.43. The van der Waals surface area contributed by atoms with E-state index < -0.39 is 11.7 Å². The Morgan fingerprint density at radius 1 is 0.967 bits per heavy atom. The van der Waals surface area contributed by atoms with Gasteiger partial charge in [-0.15, -0.1) is 0 Å². The van der Waals surface area contributed by atoms with Crippen molar-refractivity contribution in [2.24, 2.45) is 0 Å². The molecule has 0 unspecified atom stereocenters. The maximum Gasteiger partial charge on any atom is 0.292 e. The van der Waals surface area contributed by atoms with E-state index in [0.29, 0.717) is 32.5 Å². The zero-order valence-corrected chi connectivity index (χ0v) is 18.9. The first-order valence-electron chi connectivity index (χ1n) is 9.61. The lowest BCUT2D eigenvalue weighted by Gasteiger charge is -2.11. The zero-order chi connectivity index (χ0) is 21.4. The molecule has 1 aromatic heterocycles. The number of amides is 1. The van der Waals surface area contributed by atoms with Crippen LogP contribution in [0.25, 0.3) is 10.9 Å². The SMILES string of the molecule is O=C(NC1CCCC1)C(=O)c1c(Cl)n(Cc2ccc(Cl)cc2Cl)c2ccc(Cl)cc12. The first-order chi connectivity index (χ1) is 14.3. The van der Waals surface area contributed by atoms with Crippen molar-refractivity contribution in [2.45, 2.75) is 38.3 Å². The fourth-order valence-corrected chi connectivity index (χ4v) is 4.90. The van der Waals surface area contributed by atoms with Crippen LogP contribution >= 0.6 is 46.4 Å². The maximum atomic E-state index is 13.1. The normalized spacial score (nSPS) is 14.4. The second kappa shape index (κ2) is 8.80. The fraction of sp³-hybridized carbons (Fsp3) is 0.273. The highest BCUT2D eigenvalue weighted by Gasteiger charge is 2.29. The van der Waals surface area contributed by atoms with Crippen LogP contribution in [0.1, 0.15) is 41.6 Å². The van der Waals surface area contributed by atoms with Crippen molar-refractivity contribution in [3.05, 3.63) is 67.7 Å². The molecule has 1 aliphatic rings. The molecule has 2 aromatic carbocycles. The largest absolute Gasteiger partial charge is 0.346 e. The second-order valence-electron chi connectivity index (χ2n) is 7.43. The van der Waals surface area contributed by atoms with Gasteiger partial charge in [0.25, 0.3) is 11.7 Å². The first kappa shape index (κ1) is 21.5. The number of fused-ring (bicyclic) bond motifs is 1. The van der Waals surface area contributed by atoms with Crippen LogP contribution in [0.4, 0.5) is 0 Å². The van der Waals surface area contributed by atoms with Crippen molar-refractivity contribution in [1.29, 1.82) is 0 Å². The highest BCUT2D eigenvalue weighted by atomic mass is 35.5. The van der Waals surface area contributed by atoms with Gasteiger partial charge in [0, 0.05) is 26.5 Å². The van der Waals surface area contributed by atoms with E-state index in [4.69, 9.17) is 46.4 Å². The molecule has 1 N–H and O–H groups in total. The van der Waals surface area contributed by atoms with Gasteiger partial charge in [-0.1, -0.05) is 65.3 Å². The number of nitrogens with zero attached hydrogens (tertiary/aromatic N) is 1. The Morgan fingerprint density at radius 3 is 2.33 bits per heavy atom. The summed E-state index contributed by atoms with van der Waals surface area (Å²) in [4.78, 5) is 25.7. The van der Waals surface area contributed by atoms with Crippen LogP contribution < -0.4 is 5.32 Å². The van der Waals surface area contributed by atoms with E-state index in [1.165, 1.54) is 0 Å². The monoisotopic (exact) mass is 482 g/mol. The summed E-state index contributed by atoms with van der Waals surface area (Å²) >= 11 is 25.1. The van der Waals surface area contributed by atoms with E-state index in [0.717, 1.165) is 31.2 Å². The molecule has 1 amide bonds. The Hall–Kier alpha value is -1.72. The summed E-state index contributed by atoms with van der Waals surface area (Å²) in [5.41, 5.74) is 1.62. The Balaban J connectivity index is 1.76. The summed E-state index contributed by atoms with van der Waals surface area (Å²) in [6, 6.07) is 10.4. The maximum absolute atomic E-state index is 13.1. The fourth-order valence-electron chi connectivity index (χ4n) is 3.92. The number of hydrogen-bond donors (Lipinski definition) is 1. The van der Waals surface area contributed by atoms with Crippen LogP contribution in [0.2, 0.25) is 20.2 Å². The number of Topliss-reactive ketones (excluding diaryl/α,β-unsaturated/α-hetero) is 1. The van der Waals surface area contributed by atoms with Crippen LogP contribution in [0.15, 0.2) is 36.4 Å². The molecule has 0 radical (unpaired) electrons. The summed E-state index contributed by atoms with van der Waals surface area (Å²) in [6.45, 7) is 0.310. The summed E-state index contributed by atoms with van der Waals surface area (Å²) in [5, 5.41) is 5.00. The van der Waals surface area contributed by atoms with Crippen molar-refractivity contribution in [2.75, 3.05) is 0 Å². The molecule has 30 heavy (non-hydrogen) atoms. The highest BCUT2D eigenvalue weighted by Crippen LogP contribution is 2.34. The van der Waals surface area contributed by atoms with E-state index in [9.17, 15) is 9.59 Å². The van der Waals surface area contributed by atoms with E-state index >= 15 is 0 Å². The molecule has 4 rings (SSSR count).